The second-order valence-electron chi connectivity index (χ2n) is 8.79. The molecule has 10 heteroatoms. The average molecular weight is 427 g/mol. The molecule has 154 valence electrons. The van der Waals surface area contributed by atoms with Crippen LogP contribution >= 0.6 is 0 Å². The van der Waals surface area contributed by atoms with E-state index in [2.05, 4.69) is 16.8 Å². The van der Waals surface area contributed by atoms with Gasteiger partial charge >= 0.3 is 0 Å². The number of nitrogens with zero attached hydrogens (tertiary/aromatic N) is 4. The van der Waals surface area contributed by atoms with Crippen molar-refractivity contribution in [2.45, 2.75) is 54.8 Å². The van der Waals surface area contributed by atoms with E-state index in [-0.39, 0.29) is 24.1 Å². The fourth-order valence-electron chi connectivity index (χ4n) is 4.84. The zero-order valence-corrected chi connectivity index (χ0v) is 17.6. The van der Waals surface area contributed by atoms with E-state index in [0.29, 0.717) is 30.3 Å². The van der Waals surface area contributed by atoms with E-state index in [9.17, 15) is 16.8 Å². The second-order valence-corrected chi connectivity index (χ2v) is 13.2. The maximum absolute atomic E-state index is 12.8. The minimum Gasteiger partial charge on any atom is -0.341 e. The van der Waals surface area contributed by atoms with E-state index >= 15 is 0 Å². The van der Waals surface area contributed by atoms with Crippen molar-refractivity contribution in [3.05, 3.63) is 17.5 Å². The Morgan fingerprint density at radius 2 is 1.93 bits per heavy atom. The molecule has 4 heterocycles. The van der Waals surface area contributed by atoms with Crippen LogP contribution in [0.1, 0.15) is 49.8 Å². The molecule has 28 heavy (non-hydrogen) atoms. The minimum atomic E-state index is -3.42. The first-order valence-electron chi connectivity index (χ1n) is 10.1. The number of hydrogen-bond acceptors (Lipinski definition) is 7. The van der Waals surface area contributed by atoms with Crippen molar-refractivity contribution in [2.24, 2.45) is 5.92 Å². The van der Waals surface area contributed by atoms with Gasteiger partial charge in [0.25, 0.3) is 0 Å². The molecule has 0 amide bonds. The van der Waals surface area contributed by atoms with Crippen LogP contribution in [0.15, 0.2) is 6.20 Å². The summed E-state index contributed by atoms with van der Waals surface area (Å²) in [5.41, 5.74) is 1.36. The molecule has 4 aliphatic rings. The number of sulfone groups is 1. The summed E-state index contributed by atoms with van der Waals surface area (Å²) in [6.07, 6.45) is 5.28. The molecule has 3 fully saturated rings. The summed E-state index contributed by atoms with van der Waals surface area (Å²) in [7, 11) is -6.82. The summed E-state index contributed by atoms with van der Waals surface area (Å²) < 4.78 is 52.5. The number of hydrogen-bond donors (Lipinski definition) is 0. The van der Waals surface area contributed by atoms with Crippen LogP contribution in [0.2, 0.25) is 0 Å². The van der Waals surface area contributed by atoms with Gasteiger partial charge < -0.3 is 4.90 Å². The molecule has 3 aliphatic heterocycles. The van der Waals surface area contributed by atoms with Crippen molar-refractivity contribution in [3.63, 3.8) is 0 Å². The van der Waals surface area contributed by atoms with Crippen LogP contribution in [0.5, 0.6) is 0 Å². The smallest absolute Gasteiger partial charge is 0.225 e. The first-order chi connectivity index (χ1) is 13.3. The van der Waals surface area contributed by atoms with Crippen molar-refractivity contribution >= 4 is 25.8 Å². The summed E-state index contributed by atoms with van der Waals surface area (Å²) in [4.78, 5) is 11.4. The fourth-order valence-corrected chi connectivity index (χ4v) is 8.82. The van der Waals surface area contributed by atoms with Crippen LogP contribution in [0, 0.1) is 5.92 Å². The highest BCUT2D eigenvalue weighted by atomic mass is 32.2. The molecule has 1 saturated carbocycles. The lowest BCUT2D eigenvalue weighted by Gasteiger charge is -2.32. The first kappa shape index (κ1) is 18.7. The molecule has 0 spiro atoms. The lowest BCUT2D eigenvalue weighted by Crippen LogP contribution is -2.38. The highest BCUT2D eigenvalue weighted by molar-refractivity contribution is 7.92. The largest absolute Gasteiger partial charge is 0.341 e. The third-order valence-corrected chi connectivity index (χ3v) is 11.0. The number of sulfonamides is 1. The van der Waals surface area contributed by atoms with Crippen LogP contribution in [0.25, 0.3) is 0 Å². The summed E-state index contributed by atoms with van der Waals surface area (Å²) in [5.74, 6) is 0.725. The first-order valence-corrected chi connectivity index (χ1v) is 13.3. The van der Waals surface area contributed by atoms with Gasteiger partial charge in [0.1, 0.15) is 0 Å². The number of piperidine rings is 1. The lowest BCUT2D eigenvalue weighted by molar-refractivity contribution is 0.441. The van der Waals surface area contributed by atoms with E-state index < -0.39 is 31.0 Å². The van der Waals surface area contributed by atoms with Crippen LogP contribution in [0.4, 0.5) is 5.95 Å². The predicted octanol–water partition coefficient (Wildman–Crippen LogP) is 0.901. The van der Waals surface area contributed by atoms with E-state index in [1.165, 1.54) is 10.7 Å². The third kappa shape index (κ3) is 3.04. The van der Waals surface area contributed by atoms with Crippen molar-refractivity contribution < 1.29 is 16.8 Å². The molecule has 3 atom stereocenters. The average Bonchev–Trinajstić information content (AvgIpc) is 3.40. The van der Waals surface area contributed by atoms with E-state index in [1.807, 2.05) is 0 Å². The van der Waals surface area contributed by atoms with Gasteiger partial charge in [0.05, 0.1) is 21.9 Å². The Bertz CT molecular complexity index is 1010. The summed E-state index contributed by atoms with van der Waals surface area (Å²) in [5, 5.41) is -1.03. The topological polar surface area (TPSA) is 101 Å². The second kappa shape index (κ2) is 6.37. The molecule has 1 aromatic heterocycles. The van der Waals surface area contributed by atoms with Gasteiger partial charge in [0.15, 0.2) is 9.84 Å². The van der Waals surface area contributed by atoms with Crippen LogP contribution < -0.4 is 4.90 Å². The van der Waals surface area contributed by atoms with Gasteiger partial charge in [-0.3, -0.25) is 0 Å². The van der Waals surface area contributed by atoms with Crippen molar-refractivity contribution in [3.8, 4) is 0 Å². The van der Waals surface area contributed by atoms with E-state index in [0.717, 1.165) is 25.2 Å². The molecule has 8 nitrogen and oxygen atoms in total. The predicted molar refractivity (Wildman–Crippen MR) is 105 cm³/mol. The van der Waals surface area contributed by atoms with Gasteiger partial charge in [-0.1, -0.05) is 6.92 Å². The highest BCUT2D eigenvalue weighted by Crippen LogP contribution is 2.43. The molecular formula is C18H26N4O4S2. The zero-order chi connectivity index (χ0) is 19.7. The Morgan fingerprint density at radius 1 is 1.14 bits per heavy atom. The molecule has 0 aromatic carbocycles. The number of rotatable bonds is 3. The zero-order valence-electron chi connectivity index (χ0n) is 16.0. The Morgan fingerprint density at radius 3 is 2.64 bits per heavy atom. The molecule has 0 radical (unpaired) electrons. The molecule has 2 saturated heterocycles. The van der Waals surface area contributed by atoms with Gasteiger partial charge in [-0.2, -0.15) is 4.31 Å². The van der Waals surface area contributed by atoms with Crippen molar-refractivity contribution in [1.82, 2.24) is 14.3 Å². The van der Waals surface area contributed by atoms with Crippen LogP contribution in [-0.4, -0.2) is 67.8 Å². The van der Waals surface area contributed by atoms with Gasteiger partial charge in [-0.25, -0.2) is 26.8 Å². The third-order valence-electron chi connectivity index (χ3n) is 6.53. The van der Waals surface area contributed by atoms with Gasteiger partial charge in [0.2, 0.25) is 16.0 Å². The normalized spacial score (nSPS) is 32.8. The maximum Gasteiger partial charge on any atom is 0.225 e. The van der Waals surface area contributed by atoms with Gasteiger partial charge in [0, 0.05) is 43.9 Å². The Hall–Kier alpha value is -1.26. The monoisotopic (exact) mass is 426 g/mol. The molecule has 0 unspecified atom stereocenters. The van der Waals surface area contributed by atoms with Crippen molar-refractivity contribution in [1.29, 1.82) is 0 Å². The Kier molecular flexibility index (Phi) is 4.26. The van der Waals surface area contributed by atoms with Gasteiger partial charge in [-0.15, -0.1) is 0 Å². The van der Waals surface area contributed by atoms with Crippen molar-refractivity contribution in [2.75, 3.05) is 31.1 Å². The SMILES string of the molecule is C[C@H]1CCCN(c2ncc3c(n2)[C@H]2CN(S(=O)(=O)C4CC4)C[C@H]2S(=O)(=O)C3)C1. The molecule has 0 bridgehead atoms. The Balaban J connectivity index is 1.50. The van der Waals surface area contributed by atoms with Crippen LogP contribution in [0.3, 0.4) is 0 Å². The molecule has 5 rings (SSSR count). The lowest BCUT2D eigenvalue weighted by atomic mass is 9.99. The molecular weight excluding hydrogens is 400 g/mol. The summed E-state index contributed by atoms with van der Waals surface area (Å²) >= 11 is 0. The van der Waals surface area contributed by atoms with E-state index in [1.54, 1.807) is 6.20 Å². The molecule has 1 aromatic rings. The Labute approximate surface area is 166 Å². The van der Waals surface area contributed by atoms with E-state index in [4.69, 9.17) is 4.98 Å². The number of fused-ring (bicyclic) bond motifs is 3. The maximum atomic E-state index is 12.8. The molecule has 1 aliphatic carbocycles. The summed E-state index contributed by atoms with van der Waals surface area (Å²) in [6.45, 7) is 4.28. The standard InChI is InChI=1S/C18H26N4O4S2/c1-12-3-2-6-21(8-12)18-19-7-13-11-27(23,24)16-10-22(9-15(16)17(13)20-18)28(25,26)14-4-5-14/h7,12,14-16H,2-6,8-11H2,1H3/t12-,15-,16+/m0/s1. The molecule has 0 N–H and O–H groups in total. The number of aromatic nitrogens is 2. The fraction of sp³-hybridized carbons (Fsp3) is 0.778. The quantitative estimate of drug-likeness (QED) is 0.708. The van der Waals surface area contributed by atoms with Gasteiger partial charge in [-0.05, 0) is 31.6 Å². The highest BCUT2D eigenvalue weighted by Gasteiger charge is 2.52. The van der Waals surface area contributed by atoms with Crippen LogP contribution in [-0.2, 0) is 25.6 Å². The number of anilines is 1. The summed E-state index contributed by atoms with van der Waals surface area (Å²) in [6, 6.07) is 0. The minimum absolute atomic E-state index is 0.0609.